The first-order valence-electron chi connectivity index (χ1n) is 9.00. The molecule has 0 amide bonds. The van der Waals surface area contributed by atoms with Crippen LogP contribution in [-0.4, -0.2) is 28.1 Å². The third-order valence-electron chi connectivity index (χ3n) is 4.49. The number of methoxy groups -OCH3 is 1. The predicted molar refractivity (Wildman–Crippen MR) is 110 cm³/mol. The van der Waals surface area contributed by atoms with Crippen LogP contribution in [0.5, 0.6) is 11.5 Å². The van der Waals surface area contributed by atoms with Crippen molar-refractivity contribution >= 4 is 11.6 Å². The highest BCUT2D eigenvalue weighted by atomic mass is 35.5. The third-order valence-corrected chi connectivity index (χ3v) is 4.74. The first-order chi connectivity index (χ1) is 13.6. The molecule has 2 heterocycles. The number of halogens is 1. The molecule has 1 N–H and O–H groups in total. The maximum atomic E-state index is 12.9. The fraction of sp³-hybridized carbons (Fsp3) is 0.190. The van der Waals surface area contributed by atoms with Crippen LogP contribution in [-0.2, 0) is 0 Å². The van der Waals surface area contributed by atoms with Crippen LogP contribution >= 0.6 is 11.6 Å². The zero-order valence-corrected chi connectivity index (χ0v) is 16.4. The Kier molecular flexibility index (Phi) is 4.88. The van der Waals surface area contributed by atoms with E-state index in [1.165, 1.54) is 0 Å². The highest BCUT2D eigenvalue weighted by Crippen LogP contribution is 2.30. The van der Waals surface area contributed by atoms with Crippen molar-refractivity contribution in [1.82, 2.24) is 14.3 Å². The molecule has 4 rings (SSSR count). The molecule has 0 aromatic heterocycles. The van der Waals surface area contributed by atoms with Gasteiger partial charge in [-0.2, -0.15) is 0 Å². The molecule has 7 heteroatoms. The molecule has 0 saturated heterocycles. The summed E-state index contributed by atoms with van der Waals surface area (Å²) in [6.45, 7) is 2.66. The summed E-state index contributed by atoms with van der Waals surface area (Å²) in [6, 6.07) is 12.9. The Hall–Kier alpha value is -3.12. The van der Waals surface area contributed by atoms with Gasteiger partial charge in [0.1, 0.15) is 0 Å². The van der Waals surface area contributed by atoms with E-state index in [0.717, 1.165) is 17.8 Å². The van der Waals surface area contributed by atoms with E-state index in [9.17, 15) is 4.79 Å². The van der Waals surface area contributed by atoms with E-state index in [2.05, 4.69) is 5.10 Å². The standard InChI is InChI=1S/C21H20ClN3O3/c1-3-10-28-19-9-8-16(11-20(19)27-2)24-13-18-17(21(24)26)12-25(23-18)15-6-4-14(22)5-7-15/h4-9,11-13,23H,3,10H2,1-2H3. The molecule has 0 spiro atoms. The lowest BCUT2D eigenvalue weighted by atomic mass is 10.2. The van der Waals surface area contributed by atoms with E-state index in [-0.39, 0.29) is 5.56 Å². The summed E-state index contributed by atoms with van der Waals surface area (Å²) in [4.78, 5) is 12.9. The number of rotatable bonds is 6. The molecule has 2 aliphatic rings. The van der Waals surface area contributed by atoms with Crippen LogP contribution in [0.25, 0.3) is 22.6 Å². The fourth-order valence-electron chi connectivity index (χ4n) is 3.08. The van der Waals surface area contributed by atoms with Gasteiger partial charge in [-0.05, 0) is 42.8 Å². The van der Waals surface area contributed by atoms with Gasteiger partial charge in [-0.15, -0.1) is 0 Å². The zero-order chi connectivity index (χ0) is 19.7. The van der Waals surface area contributed by atoms with Crippen LogP contribution in [0.4, 0.5) is 0 Å². The average Bonchev–Trinajstić information content (AvgIpc) is 3.26. The van der Waals surface area contributed by atoms with Crippen LogP contribution in [0.3, 0.4) is 0 Å². The number of aromatic nitrogens is 3. The molecule has 28 heavy (non-hydrogen) atoms. The van der Waals surface area contributed by atoms with Crippen molar-refractivity contribution in [1.29, 1.82) is 0 Å². The first-order valence-corrected chi connectivity index (χ1v) is 9.38. The number of H-pyrrole nitrogens is 1. The van der Waals surface area contributed by atoms with Crippen LogP contribution in [0.1, 0.15) is 13.3 Å². The van der Waals surface area contributed by atoms with Gasteiger partial charge in [0.15, 0.2) is 11.5 Å². The lowest BCUT2D eigenvalue weighted by molar-refractivity contribution is 0.294. The van der Waals surface area contributed by atoms with E-state index in [0.29, 0.717) is 34.4 Å². The summed E-state index contributed by atoms with van der Waals surface area (Å²) in [5.41, 5.74) is 2.84. The van der Waals surface area contributed by atoms with Gasteiger partial charge in [-0.3, -0.25) is 19.1 Å². The van der Waals surface area contributed by atoms with Crippen molar-refractivity contribution < 1.29 is 9.47 Å². The summed E-state index contributed by atoms with van der Waals surface area (Å²) in [7, 11) is 1.59. The molecule has 144 valence electrons. The Bertz CT molecular complexity index is 1120. The maximum absolute atomic E-state index is 12.9. The van der Waals surface area contributed by atoms with Crippen LogP contribution in [0, 0.1) is 0 Å². The van der Waals surface area contributed by atoms with E-state index < -0.39 is 0 Å². The van der Waals surface area contributed by atoms with Gasteiger partial charge in [0, 0.05) is 23.5 Å². The number of fused-ring (bicyclic) bond motifs is 1. The molecular formula is C21H20ClN3O3. The highest BCUT2D eigenvalue weighted by molar-refractivity contribution is 6.30. The van der Waals surface area contributed by atoms with Crippen molar-refractivity contribution in [3.05, 3.63) is 70.2 Å². The molecule has 0 bridgehead atoms. The summed E-state index contributed by atoms with van der Waals surface area (Å²) in [5, 5.41) is 3.89. The number of ether oxygens (including phenoxy) is 2. The lowest BCUT2D eigenvalue weighted by Gasteiger charge is -2.11. The summed E-state index contributed by atoms with van der Waals surface area (Å²) in [6.07, 6.45) is 4.48. The van der Waals surface area contributed by atoms with E-state index in [1.807, 2.05) is 43.3 Å². The second-order valence-corrected chi connectivity index (χ2v) is 6.84. The Morgan fingerprint density at radius 1 is 1.04 bits per heavy atom. The normalized spacial score (nSPS) is 11.1. The molecule has 0 atom stereocenters. The Morgan fingerprint density at radius 3 is 2.46 bits per heavy atom. The van der Waals surface area contributed by atoms with Crippen molar-refractivity contribution in [3.63, 3.8) is 0 Å². The monoisotopic (exact) mass is 397 g/mol. The van der Waals surface area contributed by atoms with Gasteiger partial charge in [-0.25, -0.2) is 0 Å². The van der Waals surface area contributed by atoms with E-state index in [4.69, 9.17) is 21.1 Å². The zero-order valence-electron chi connectivity index (χ0n) is 15.6. The number of aromatic amines is 1. The molecule has 0 unspecified atom stereocenters. The summed E-state index contributed by atoms with van der Waals surface area (Å²) in [5.74, 6) is 1.26. The van der Waals surface area contributed by atoms with Crippen molar-refractivity contribution in [2.24, 2.45) is 0 Å². The SMILES string of the molecule is CCCOc1ccc(-n2cc3[nH]n(-c4ccc(Cl)cc4)cc-3c2=O)cc1OC. The van der Waals surface area contributed by atoms with Crippen LogP contribution in [0.2, 0.25) is 5.02 Å². The minimum Gasteiger partial charge on any atom is -0.493 e. The summed E-state index contributed by atoms with van der Waals surface area (Å²) < 4.78 is 14.5. The number of hydrogen-bond acceptors (Lipinski definition) is 3. The molecule has 6 nitrogen and oxygen atoms in total. The number of nitrogens with one attached hydrogen (secondary N) is 1. The number of hydrogen-bond donors (Lipinski definition) is 1. The van der Waals surface area contributed by atoms with Gasteiger partial charge in [0.2, 0.25) is 0 Å². The van der Waals surface area contributed by atoms with Gasteiger partial charge in [0.05, 0.1) is 36.3 Å². The predicted octanol–water partition coefficient (Wildman–Crippen LogP) is 4.51. The van der Waals surface area contributed by atoms with Crippen molar-refractivity contribution in [2.45, 2.75) is 13.3 Å². The molecule has 0 fully saturated rings. The molecule has 2 aromatic carbocycles. The van der Waals surface area contributed by atoms with Gasteiger partial charge < -0.3 is 9.47 Å². The van der Waals surface area contributed by atoms with Gasteiger partial charge in [-0.1, -0.05) is 18.5 Å². The lowest BCUT2D eigenvalue weighted by Crippen LogP contribution is -2.12. The Balaban J connectivity index is 1.71. The van der Waals surface area contributed by atoms with Crippen molar-refractivity contribution in [2.75, 3.05) is 13.7 Å². The quantitative estimate of drug-likeness (QED) is 0.520. The second-order valence-electron chi connectivity index (χ2n) is 6.40. The highest BCUT2D eigenvalue weighted by Gasteiger charge is 2.18. The maximum Gasteiger partial charge on any atom is 0.266 e. The number of benzene rings is 2. The number of nitrogens with zero attached hydrogens (tertiary/aromatic N) is 2. The average molecular weight is 398 g/mol. The van der Waals surface area contributed by atoms with E-state index in [1.54, 1.807) is 34.8 Å². The minimum absolute atomic E-state index is 0.108. The van der Waals surface area contributed by atoms with Crippen LogP contribution < -0.4 is 15.0 Å². The molecule has 0 radical (unpaired) electrons. The Labute approximate surface area is 167 Å². The summed E-state index contributed by atoms with van der Waals surface area (Å²) >= 11 is 5.94. The molecule has 0 saturated carbocycles. The molecule has 2 aromatic rings. The molecule has 0 aliphatic carbocycles. The van der Waals surface area contributed by atoms with Gasteiger partial charge in [0.25, 0.3) is 5.56 Å². The third kappa shape index (κ3) is 3.27. The fourth-order valence-corrected chi connectivity index (χ4v) is 3.20. The molecule has 2 aliphatic heterocycles. The topological polar surface area (TPSA) is 61.2 Å². The smallest absolute Gasteiger partial charge is 0.266 e. The molecular weight excluding hydrogens is 378 g/mol. The Morgan fingerprint density at radius 2 is 1.79 bits per heavy atom. The first kappa shape index (κ1) is 18.3. The van der Waals surface area contributed by atoms with Crippen molar-refractivity contribution in [3.8, 4) is 34.1 Å². The minimum atomic E-state index is -0.108. The van der Waals surface area contributed by atoms with Gasteiger partial charge >= 0.3 is 0 Å². The van der Waals surface area contributed by atoms with E-state index >= 15 is 0 Å². The second kappa shape index (κ2) is 7.48. The largest absolute Gasteiger partial charge is 0.493 e. The van der Waals surface area contributed by atoms with Crippen LogP contribution in [0.15, 0.2) is 59.7 Å².